The molecule has 0 bridgehead atoms. The third kappa shape index (κ3) is 6.48. The number of amides is 1. The molecule has 1 atom stereocenters. The number of nitrogens with one attached hydrogen (secondary N) is 1. The molecule has 1 amide bonds. The van der Waals surface area contributed by atoms with Gasteiger partial charge in [-0.2, -0.15) is 13.2 Å². The maximum absolute atomic E-state index is 14.5. The number of hydrogen-bond acceptors (Lipinski definition) is 7. The SMILES string of the molecule is CC(=O)OCCN1C=Cc2c(ccc(N3OCC3CC(=O)O)c2NC(=O)Cc2cccc(C(F)(F)F)c2F)C1. The number of carbonyl (C=O) groups is 3. The molecule has 2 N–H and O–H groups in total. The van der Waals surface area contributed by atoms with Gasteiger partial charge in [0.1, 0.15) is 12.4 Å². The maximum Gasteiger partial charge on any atom is 0.419 e. The van der Waals surface area contributed by atoms with E-state index in [-0.39, 0.29) is 25.3 Å². The first-order chi connectivity index (χ1) is 18.4. The minimum atomic E-state index is -4.91. The van der Waals surface area contributed by atoms with E-state index in [4.69, 9.17) is 9.57 Å². The molecule has 2 aliphatic rings. The van der Waals surface area contributed by atoms with E-state index in [1.807, 2.05) is 4.90 Å². The molecule has 9 nitrogen and oxygen atoms in total. The number of nitrogens with zero attached hydrogens (tertiary/aromatic N) is 2. The number of carboxylic acids is 1. The average Bonchev–Trinajstić information content (AvgIpc) is 2.83. The van der Waals surface area contributed by atoms with E-state index in [1.54, 1.807) is 24.4 Å². The number of ether oxygens (including phenoxy) is 1. The second-order valence-corrected chi connectivity index (χ2v) is 9.03. The van der Waals surface area contributed by atoms with Crippen LogP contribution < -0.4 is 10.4 Å². The molecule has 2 aromatic carbocycles. The Bertz CT molecular complexity index is 1310. The van der Waals surface area contributed by atoms with Gasteiger partial charge < -0.3 is 20.1 Å². The van der Waals surface area contributed by atoms with Crippen molar-refractivity contribution in [3.8, 4) is 0 Å². The molecule has 0 saturated carbocycles. The quantitative estimate of drug-likeness (QED) is 0.356. The number of esters is 1. The number of hydroxylamine groups is 1. The number of carbonyl (C=O) groups excluding carboxylic acids is 2. The van der Waals surface area contributed by atoms with Crippen LogP contribution in [0.3, 0.4) is 0 Å². The van der Waals surface area contributed by atoms with Gasteiger partial charge in [-0.25, -0.2) is 9.45 Å². The zero-order valence-electron chi connectivity index (χ0n) is 20.8. The van der Waals surface area contributed by atoms with Crippen LogP contribution in [0.2, 0.25) is 0 Å². The van der Waals surface area contributed by atoms with E-state index in [1.165, 1.54) is 12.0 Å². The lowest BCUT2D eigenvalue weighted by Gasteiger charge is -2.42. The number of anilines is 2. The van der Waals surface area contributed by atoms with Gasteiger partial charge in [0.05, 0.1) is 49.0 Å². The molecule has 0 aromatic heterocycles. The van der Waals surface area contributed by atoms with E-state index < -0.39 is 53.4 Å². The summed E-state index contributed by atoms with van der Waals surface area (Å²) in [6, 6.07) is 5.63. The summed E-state index contributed by atoms with van der Waals surface area (Å²) in [7, 11) is 0. The molecule has 1 unspecified atom stereocenters. The topological polar surface area (TPSA) is 108 Å². The highest BCUT2D eigenvalue weighted by Crippen LogP contribution is 2.40. The third-order valence-electron chi connectivity index (χ3n) is 6.21. The molecule has 4 rings (SSSR count). The molecule has 13 heteroatoms. The summed E-state index contributed by atoms with van der Waals surface area (Å²) in [6.45, 7) is 2.41. The van der Waals surface area contributed by atoms with Crippen LogP contribution in [0, 0.1) is 5.82 Å². The fourth-order valence-corrected chi connectivity index (χ4v) is 4.36. The number of halogens is 4. The summed E-state index contributed by atoms with van der Waals surface area (Å²) < 4.78 is 58.9. The largest absolute Gasteiger partial charge is 0.481 e. The minimum absolute atomic E-state index is 0.145. The monoisotopic (exact) mass is 551 g/mol. The van der Waals surface area contributed by atoms with Crippen LogP contribution in [-0.4, -0.2) is 53.7 Å². The van der Waals surface area contributed by atoms with Crippen LogP contribution >= 0.6 is 0 Å². The van der Waals surface area contributed by atoms with Gasteiger partial charge in [0, 0.05) is 25.2 Å². The Hall–Kier alpha value is -4.13. The zero-order chi connectivity index (χ0) is 28.3. The summed E-state index contributed by atoms with van der Waals surface area (Å²) in [5.74, 6) is -3.75. The van der Waals surface area contributed by atoms with Gasteiger partial charge >= 0.3 is 18.1 Å². The summed E-state index contributed by atoms with van der Waals surface area (Å²) in [5, 5.41) is 13.2. The van der Waals surface area contributed by atoms with Crippen molar-refractivity contribution in [1.29, 1.82) is 0 Å². The first-order valence-electron chi connectivity index (χ1n) is 11.9. The Morgan fingerprint density at radius 1 is 1.21 bits per heavy atom. The van der Waals surface area contributed by atoms with Gasteiger partial charge in [-0.1, -0.05) is 18.2 Å². The molecule has 0 radical (unpaired) electrons. The van der Waals surface area contributed by atoms with E-state index >= 15 is 0 Å². The Balaban J connectivity index is 1.61. The molecule has 0 spiro atoms. The molecule has 0 aliphatic carbocycles. The maximum atomic E-state index is 14.5. The van der Waals surface area contributed by atoms with Crippen molar-refractivity contribution in [2.24, 2.45) is 0 Å². The molecule has 208 valence electrons. The van der Waals surface area contributed by atoms with Gasteiger partial charge in [-0.15, -0.1) is 0 Å². The van der Waals surface area contributed by atoms with Crippen molar-refractivity contribution in [3.63, 3.8) is 0 Å². The number of rotatable bonds is 9. The third-order valence-corrected chi connectivity index (χ3v) is 6.21. The fourth-order valence-electron chi connectivity index (χ4n) is 4.36. The second-order valence-electron chi connectivity index (χ2n) is 9.03. The lowest BCUT2D eigenvalue weighted by molar-refractivity contribution is -0.142. The van der Waals surface area contributed by atoms with E-state index in [9.17, 15) is 37.1 Å². The standard InChI is InChI=1S/C26H25F4N3O6/c1-15(34)38-10-9-32-8-7-19-17(13-32)5-6-21(33-18(14-39-33)12-23(36)37)25(19)31-22(35)11-16-3-2-4-20(24(16)27)26(28,29)30/h2-8,18H,9-14H2,1H3,(H,31,35)(H,36,37). The van der Waals surface area contributed by atoms with E-state index in [2.05, 4.69) is 5.32 Å². The van der Waals surface area contributed by atoms with Crippen molar-refractivity contribution in [3.05, 3.63) is 64.6 Å². The zero-order valence-corrected chi connectivity index (χ0v) is 20.8. The fraction of sp³-hybridized carbons (Fsp3) is 0.346. The van der Waals surface area contributed by atoms with Crippen LogP contribution in [0.15, 0.2) is 36.5 Å². The predicted molar refractivity (Wildman–Crippen MR) is 131 cm³/mol. The van der Waals surface area contributed by atoms with Crippen molar-refractivity contribution < 1.29 is 46.6 Å². The normalized spacial score (nSPS) is 16.4. The lowest BCUT2D eigenvalue weighted by atomic mass is 9.98. The summed E-state index contributed by atoms with van der Waals surface area (Å²) in [4.78, 5) is 42.7. The molecular weight excluding hydrogens is 526 g/mol. The Morgan fingerprint density at radius 3 is 2.62 bits per heavy atom. The number of aliphatic carboxylic acids is 1. The lowest BCUT2D eigenvalue weighted by Crippen LogP contribution is -2.51. The molecule has 1 fully saturated rings. The van der Waals surface area contributed by atoms with E-state index in [0.717, 1.165) is 17.7 Å². The molecule has 2 aliphatic heterocycles. The van der Waals surface area contributed by atoms with Crippen LogP contribution in [0.25, 0.3) is 6.08 Å². The number of fused-ring (bicyclic) bond motifs is 1. The Morgan fingerprint density at radius 2 is 1.97 bits per heavy atom. The highest BCUT2D eigenvalue weighted by molar-refractivity contribution is 5.99. The first-order valence-corrected chi connectivity index (χ1v) is 11.9. The Labute approximate surface area is 220 Å². The van der Waals surface area contributed by atoms with Crippen molar-refractivity contribution in [2.45, 2.75) is 38.5 Å². The number of carboxylic acid groups (broad SMARTS) is 1. The van der Waals surface area contributed by atoms with Crippen LogP contribution in [0.4, 0.5) is 28.9 Å². The number of alkyl halides is 3. The van der Waals surface area contributed by atoms with Gasteiger partial charge in [-0.05, 0) is 29.3 Å². The number of benzene rings is 2. The van der Waals surface area contributed by atoms with E-state index in [0.29, 0.717) is 30.4 Å². The second kappa shape index (κ2) is 11.3. The first kappa shape index (κ1) is 27.9. The molecule has 39 heavy (non-hydrogen) atoms. The van der Waals surface area contributed by atoms with Gasteiger partial charge in [0.15, 0.2) is 0 Å². The van der Waals surface area contributed by atoms with Gasteiger partial charge in [0.2, 0.25) is 5.91 Å². The summed E-state index contributed by atoms with van der Waals surface area (Å²) in [5.41, 5.74) is 0.0364. The Kier molecular flexibility index (Phi) is 8.09. The smallest absolute Gasteiger partial charge is 0.419 e. The highest BCUT2D eigenvalue weighted by Gasteiger charge is 2.36. The predicted octanol–water partition coefficient (Wildman–Crippen LogP) is 3.97. The molecule has 1 saturated heterocycles. The number of hydrogen-bond donors (Lipinski definition) is 2. The van der Waals surface area contributed by atoms with Crippen LogP contribution in [0.5, 0.6) is 0 Å². The van der Waals surface area contributed by atoms with Crippen LogP contribution in [-0.2, 0) is 43.1 Å². The van der Waals surface area contributed by atoms with Crippen LogP contribution in [0.1, 0.15) is 35.6 Å². The minimum Gasteiger partial charge on any atom is -0.481 e. The molecular formula is C26H25F4N3O6. The summed E-state index contributed by atoms with van der Waals surface area (Å²) >= 11 is 0. The van der Waals surface area contributed by atoms with Gasteiger partial charge in [0.25, 0.3) is 0 Å². The van der Waals surface area contributed by atoms with Crippen molar-refractivity contribution in [1.82, 2.24) is 4.90 Å². The average molecular weight is 551 g/mol. The van der Waals surface area contributed by atoms with Gasteiger partial charge in [-0.3, -0.25) is 19.2 Å². The van der Waals surface area contributed by atoms with Crippen molar-refractivity contribution >= 4 is 35.3 Å². The molecule has 2 heterocycles. The van der Waals surface area contributed by atoms with Crippen molar-refractivity contribution in [2.75, 3.05) is 30.1 Å². The highest BCUT2D eigenvalue weighted by atomic mass is 19.4. The molecule has 2 aromatic rings. The summed E-state index contributed by atoms with van der Waals surface area (Å²) in [6.07, 6.45) is -2.38.